The maximum absolute atomic E-state index is 12.2. The first-order valence-corrected chi connectivity index (χ1v) is 11.2. The number of Topliss-reactive ketones (excluding diaryl/α,β-unsaturated/α-hetero) is 1. The van der Waals surface area contributed by atoms with E-state index in [1.165, 1.54) is 0 Å². The van der Waals surface area contributed by atoms with Gasteiger partial charge in [0.05, 0.1) is 6.10 Å². The van der Waals surface area contributed by atoms with Gasteiger partial charge in [-0.3, -0.25) is 4.79 Å². The van der Waals surface area contributed by atoms with E-state index in [9.17, 15) is 4.79 Å². The smallest absolute Gasteiger partial charge is 0.200 e. The van der Waals surface area contributed by atoms with Crippen LogP contribution in [-0.2, 0) is 9.22 Å². The third-order valence-corrected chi connectivity index (χ3v) is 11.6. The molecule has 1 N–H and O–H groups in total. The fourth-order valence-corrected chi connectivity index (χ4v) is 10.1. The zero-order valence-electron chi connectivity index (χ0n) is 15.4. The number of aliphatic hydroxyl groups is 1. The molecule has 0 amide bonds. The first-order valence-electron chi connectivity index (χ1n) is 9.07. The van der Waals surface area contributed by atoms with Crippen molar-refractivity contribution >= 4 is 14.1 Å². The Bertz CT molecular complexity index is 330. The largest absolute Gasteiger partial charge is 0.413 e. The molecule has 3 nitrogen and oxygen atoms in total. The van der Waals surface area contributed by atoms with Crippen LogP contribution in [0, 0.1) is 5.92 Å². The lowest BCUT2D eigenvalue weighted by Crippen LogP contribution is -2.49. The van der Waals surface area contributed by atoms with Gasteiger partial charge in [-0.15, -0.1) is 0 Å². The van der Waals surface area contributed by atoms with Gasteiger partial charge in [0.2, 0.25) is 8.32 Å². The van der Waals surface area contributed by atoms with E-state index in [2.05, 4.69) is 41.5 Å². The minimum Gasteiger partial charge on any atom is -0.413 e. The van der Waals surface area contributed by atoms with E-state index in [0.29, 0.717) is 28.8 Å². The van der Waals surface area contributed by atoms with Crippen molar-refractivity contribution in [2.24, 2.45) is 5.92 Å². The molecule has 0 radical (unpaired) electrons. The quantitative estimate of drug-likeness (QED) is 0.493. The Morgan fingerprint density at radius 3 is 2.09 bits per heavy atom. The number of carbonyl (C=O) groups excluding carboxylic acids is 1. The van der Waals surface area contributed by atoms with E-state index in [0.717, 1.165) is 25.7 Å². The third-order valence-electron chi connectivity index (χ3n) is 5.47. The normalized spacial score (nSPS) is 23.3. The molecule has 0 aromatic rings. The second-order valence-corrected chi connectivity index (χ2v) is 13.3. The molecule has 1 aliphatic carbocycles. The number of carbonyl (C=O) groups is 1. The first-order chi connectivity index (χ1) is 10.3. The zero-order chi connectivity index (χ0) is 16.9. The van der Waals surface area contributed by atoms with Gasteiger partial charge in [-0.05, 0) is 35.9 Å². The summed E-state index contributed by atoms with van der Waals surface area (Å²) in [7, 11) is -1.88. The van der Waals surface area contributed by atoms with Crippen molar-refractivity contribution in [2.75, 3.05) is 6.61 Å². The maximum Gasteiger partial charge on any atom is 0.200 e. The van der Waals surface area contributed by atoms with Gasteiger partial charge < -0.3 is 9.53 Å². The molecule has 130 valence electrons. The van der Waals surface area contributed by atoms with Crippen molar-refractivity contribution in [3.63, 3.8) is 0 Å². The van der Waals surface area contributed by atoms with Crippen LogP contribution in [-0.4, -0.2) is 31.9 Å². The molecule has 1 saturated carbocycles. The topological polar surface area (TPSA) is 46.5 Å². The van der Waals surface area contributed by atoms with Crippen LogP contribution in [0.2, 0.25) is 16.6 Å². The van der Waals surface area contributed by atoms with Crippen molar-refractivity contribution in [3.05, 3.63) is 0 Å². The molecule has 0 bridgehead atoms. The van der Waals surface area contributed by atoms with Gasteiger partial charge in [-0.2, -0.15) is 0 Å². The van der Waals surface area contributed by atoms with E-state index < -0.39 is 8.32 Å². The van der Waals surface area contributed by atoms with Gasteiger partial charge in [0.15, 0.2) is 0 Å². The lowest BCUT2D eigenvalue weighted by molar-refractivity contribution is -0.121. The Kier molecular flexibility index (Phi) is 7.76. The average Bonchev–Trinajstić information content (AvgIpc) is 2.75. The van der Waals surface area contributed by atoms with Crippen molar-refractivity contribution in [1.29, 1.82) is 0 Å². The summed E-state index contributed by atoms with van der Waals surface area (Å²) in [5.74, 6) is 0.539. The number of rotatable bonds is 9. The van der Waals surface area contributed by atoms with E-state index in [4.69, 9.17) is 9.53 Å². The lowest BCUT2D eigenvalue weighted by atomic mass is 10.00. The van der Waals surface area contributed by atoms with Gasteiger partial charge in [-0.25, -0.2) is 0 Å². The van der Waals surface area contributed by atoms with Crippen LogP contribution in [0.5, 0.6) is 0 Å². The Balaban J connectivity index is 2.74. The third kappa shape index (κ3) is 4.42. The highest BCUT2D eigenvalue weighted by atomic mass is 28.4. The summed E-state index contributed by atoms with van der Waals surface area (Å²) in [5.41, 5.74) is 1.70. The molecule has 0 aromatic heterocycles. The Hall–Kier alpha value is -0.193. The van der Waals surface area contributed by atoms with Crippen LogP contribution in [0.3, 0.4) is 0 Å². The van der Waals surface area contributed by atoms with E-state index in [1.54, 1.807) is 0 Å². The molecule has 0 aliphatic heterocycles. The highest BCUT2D eigenvalue weighted by molar-refractivity contribution is 6.77. The second kappa shape index (κ2) is 8.60. The van der Waals surface area contributed by atoms with Crippen molar-refractivity contribution in [3.8, 4) is 0 Å². The fraction of sp³-hybridized carbons (Fsp3) is 0.944. The van der Waals surface area contributed by atoms with E-state index in [-0.39, 0.29) is 18.6 Å². The van der Waals surface area contributed by atoms with Crippen molar-refractivity contribution < 1.29 is 14.3 Å². The average molecular weight is 329 g/mol. The van der Waals surface area contributed by atoms with Crippen molar-refractivity contribution in [1.82, 2.24) is 0 Å². The Labute approximate surface area is 138 Å². The SMILES string of the molecule is CC(C)[Si](O[C@H]1CC(=O)[C@@H](CCCCO)C1)(C(C)C)C(C)C. The van der Waals surface area contributed by atoms with Crippen LogP contribution in [0.1, 0.15) is 73.6 Å². The summed E-state index contributed by atoms with van der Waals surface area (Å²) in [4.78, 5) is 12.2. The Morgan fingerprint density at radius 2 is 1.64 bits per heavy atom. The summed E-state index contributed by atoms with van der Waals surface area (Å²) in [6.45, 7) is 14.0. The summed E-state index contributed by atoms with van der Waals surface area (Å²) >= 11 is 0. The molecule has 22 heavy (non-hydrogen) atoms. The van der Waals surface area contributed by atoms with Crippen LogP contribution < -0.4 is 0 Å². The minimum absolute atomic E-state index is 0.130. The molecular weight excluding hydrogens is 292 g/mol. The minimum atomic E-state index is -1.88. The van der Waals surface area contributed by atoms with Gasteiger partial charge >= 0.3 is 0 Å². The summed E-state index contributed by atoms with van der Waals surface area (Å²) in [6.07, 6.45) is 4.29. The van der Waals surface area contributed by atoms with E-state index in [1.807, 2.05) is 0 Å². The summed E-state index contributed by atoms with van der Waals surface area (Å²) in [6, 6.07) is 0. The molecule has 0 unspecified atom stereocenters. The van der Waals surface area contributed by atoms with Crippen molar-refractivity contribution in [2.45, 2.75) is 96.4 Å². The van der Waals surface area contributed by atoms with Gasteiger partial charge in [0.25, 0.3) is 0 Å². The molecule has 0 spiro atoms. The monoisotopic (exact) mass is 328 g/mol. The molecule has 1 rings (SSSR count). The molecular formula is C18H36O3Si. The molecule has 1 fully saturated rings. The number of hydrogen-bond donors (Lipinski definition) is 1. The number of aliphatic hydroxyl groups excluding tert-OH is 1. The predicted molar refractivity (Wildman–Crippen MR) is 94.6 cm³/mol. The zero-order valence-corrected chi connectivity index (χ0v) is 16.4. The first kappa shape index (κ1) is 19.9. The van der Waals surface area contributed by atoms with Crippen LogP contribution in [0.15, 0.2) is 0 Å². The highest BCUT2D eigenvalue weighted by Crippen LogP contribution is 2.45. The van der Waals surface area contributed by atoms with E-state index >= 15 is 0 Å². The standard InChI is InChI=1S/C18H36O3Si/c1-13(2)22(14(3)4,15(5)6)21-17-11-16(18(20)12-17)9-7-8-10-19/h13-17,19H,7-12H2,1-6H3/t16-,17+/m0/s1. The number of unbranched alkanes of at least 4 members (excludes halogenated alkanes) is 1. The molecule has 2 atom stereocenters. The second-order valence-electron chi connectivity index (χ2n) is 7.88. The Morgan fingerprint density at radius 1 is 1.09 bits per heavy atom. The fourth-order valence-electron chi connectivity index (χ4n) is 4.49. The molecule has 1 aliphatic rings. The lowest BCUT2D eigenvalue weighted by Gasteiger charge is -2.44. The molecule has 0 heterocycles. The van der Waals surface area contributed by atoms with Gasteiger partial charge in [0.1, 0.15) is 5.78 Å². The van der Waals surface area contributed by atoms with Crippen LogP contribution >= 0.6 is 0 Å². The van der Waals surface area contributed by atoms with Crippen LogP contribution in [0.25, 0.3) is 0 Å². The van der Waals surface area contributed by atoms with Gasteiger partial charge in [0, 0.05) is 18.9 Å². The number of ketones is 1. The highest BCUT2D eigenvalue weighted by Gasteiger charge is 2.48. The molecule has 4 heteroatoms. The maximum atomic E-state index is 12.2. The summed E-state index contributed by atoms with van der Waals surface area (Å²) < 4.78 is 6.76. The molecule has 0 aromatic carbocycles. The predicted octanol–water partition coefficient (Wildman–Crippen LogP) is 4.69. The molecule has 0 saturated heterocycles. The number of hydrogen-bond acceptors (Lipinski definition) is 3. The summed E-state index contributed by atoms with van der Waals surface area (Å²) in [5, 5.41) is 8.89. The van der Waals surface area contributed by atoms with Gasteiger partial charge in [-0.1, -0.05) is 48.0 Å². The van der Waals surface area contributed by atoms with Crippen LogP contribution in [0.4, 0.5) is 0 Å².